The molecule has 0 aliphatic heterocycles. The lowest BCUT2D eigenvalue weighted by atomic mass is 10.4. The first kappa shape index (κ1) is 16.0. The summed E-state index contributed by atoms with van der Waals surface area (Å²) in [5.74, 6) is 0.326. The highest BCUT2D eigenvalue weighted by Crippen LogP contribution is 2.20. The smallest absolute Gasteiger partial charge is 0.238 e. The molecule has 1 aromatic heterocycles. The number of aromatic nitrogens is 1. The molecule has 0 amide bonds. The van der Waals surface area contributed by atoms with Crippen LogP contribution in [0.2, 0.25) is 5.15 Å². The summed E-state index contributed by atoms with van der Waals surface area (Å²) in [7, 11) is 1.63. The van der Waals surface area contributed by atoms with Crippen molar-refractivity contribution in [2.45, 2.75) is 0 Å². The van der Waals surface area contributed by atoms with E-state index in [0.717, 1.165) is 0 Å². The van der Waals surface area contributed by atoms with Gasteiger partial charge in [0.2, 0.25) is 5.88 Å². The molecule has 0 aromatic carbocycles. The summed E-state index contributed by atoms with van der Waals surface area (Å²) >= 11 is 5.74. The molecule has 0 unspecified atom stereocenters. The maximum absolute atomic E-state index is 5.74. The molecule has 0 atom stereocenters. The van der Waals surface area contributed by atoms with Crippen LogP contribution >= 0.6 is 11.6 Å². The second-order valence-corrected chi connectivity index (χ2v) is 3.98. The van der Waals surface area contributed by atoms with Gasteiger partial charge >= 0.3 is 0 Å². The van der Waals surface area contributed by atoms with Gasteiger partial charge in [0.1, 0.15) is 11.8 Å². The van der Waals surface area contributed by atoms with Gasteiger partial charge in [-0.1, -0.05) is 11.6 Å². The van der Waals surface area contributed by atoms with Crippen LogP contribution in [0.15, 0.2) is 12.1 Å². The van der Waals surface area contributed by atoms with E-state index < -0.39 is 0 Å². The van der Waals surface area contributed by atoms with E-state index in [-0.39, 0.29) is 0 Å². The minimum absolute atomic E-state index is 0.326. The Kier molecular flexibility index (Phi) is 8.24. The molecule has 0 aliphatic rings. The van der Waals surface area contributed by atoms with Gasteiger partial charge in [-0.15, -0.1) is 0 Å². The maximum Gasteiger partial charge on any atom is 0.238 e. The number of pyridine rings is 1. The Morgan fingerprint density at radius 1 is 1.05 bits per heavy atom. The highest BCUT2D eigenvalue weighted by Gasteiger charge is 2.02. The zero-order valence-electron chi connectivity index (χ0n) is 10.9. The third-order valence-corrected chi connectivity index (χ3v) is 2.34. The number of rotatable bonds is 10. The summed E-state index contributed by atoms with van der Waals surface area (Å²) < 4.78 is 20.7. The van der Waals surface area contributed by atoms with Gasteiger partial charge in [-0.2, -0.15) is 4.98 Å². The molecule has 108 valence electrons. The van der Waals surface area contributed by atoms with Crippen molar-refractivity contribution < 1.29 is 18.9 Å². The molecular weight excluding hydrogens is 272 g/mol. The van der Waals surface area contributed by atoms with Crippen molar-refractivity contribution in [1.29, 1.82) is 0 Å². The number of nitrogens with two attached hydrogens (primary N) is 1. The first-order valence-corrected chi connectivity index (χ1v) is 6.31. The van der Waals surface area contributed by atoms with E-state index in [1.54, 1.807) is 19.2 Å². The summed E-state index contributed by atoms with van der Waals surface area (Å²) in [6.07, 6.45) is 0. The molecule has 1 rings (SSSR count). The minimum atomic E-state index is 0.326. The Bertz CT molecular complexity index is 366. The van der Waals surface area contributed by atoms with Crippen LogP contribution in [0.3, 0.4) is 0 Å². The molecule has 0 aliphatic carbocycles. The predicted molar refractivity (Wildman–Crippen MR) is 72.7 cm³/mol. The Balaban J connectivity index is 2.03. The summed E-state index contributed by atoms with van der Waals surface area (Å²) in [5, 5.41) is 0.344. The standard InChI is InChI=1S/C12H19ClN2O4/c1-16-4-5-17-6-7-18-8-9-19-12-10(14)2-3-11(13)15-12/h2-3H,4-9,14H2,1H3. The van der Waals surface area contributed by atoms with Crippen molar-refractivity contribution in [2.24, 2.45) is 0 Å². The molecule has 19 heavy (non-hydrogen) atoms. The van der Waals surface area contributed by atoms with Crippen LogP contribution in [0.5, 0.6) is 5.88 Å². The van der Waals surface area contributed by atoms with Crippen LogP contribution in [-0.4, -0.2) is 51.7 Å². The highest BCUT2D eigenvalue weighted by molar-refractivity contribution is 6.29. The molecule has 0 saturated carbocycles. The van der Waals surface area contributed by atoms with E-state index in [0.29, 0.717) is 56.4 Å². The Morgan fingerprint density at radius 3 is 2.37 bits per heavy atom. The van der Waals surface area contributed by atoms with E-state index >= 15 is 0 Å². The van der Waals surface area contributed by atoms with Crippen molar-refractivity contribution in [3.05, 3.63) is 17.3 Å². The third-order valence-electron chi connectivity index (χ3n) is 2.13. The molecule has 1 aromatic rings. The molecule has 0 radical (unpaired) electrons. The van der Waals surface area contributed by atoms with Gasteiger partial charge < -0.3 is 24.7 Å². The molecule has 1 heterocycles. The average Bonchev–Trinajstić information content (AvgIpc) is 2.40. The third kappa shape index (κ3) is 7.17. The monoisotopic (exact) mass is 290 g/mol. The fourth-order valence-corrected chi connectivity index (χ4v) is 1.35. The molecule has 0 saturated heterocycles. The molecule has 2 N–H and O–H groups in total. The Hall–Kier alpha value is -1.08. The van der Waals surface area contributed by atoms with Crippen LogP contribution in [0, 0.1) is 0 Å². The normalized spacial score (nSPS) is 10.6. The quantitative estimate of drug-likeness (QED) is 0.518. The number of methoxy groups -OCH3 is 1. The Labute approximate surface area is 117 Å². The van der Waals surface area contributed by atoms with Gasteiger partial charge in [-0.25, -0.2) is 0 Å². The minimum Gasteiger partial charge on any atom is -0.474 e. The molecular formula is C12H19ClN2O4. The summed E-state index contributed by atoms with van der Waals surface area (Å²) in [6.45, 7) is 2.98. The number of nitrogen functional groups attached to an aromatic ring is 1. The van der Waals surface area contributed by atoms with E-state index in [1.165, 1.54) is 0 Å². The largest absolute Gasteiger partial charge is 0.474 e. The summed E-state index contributed by atoms with van der Waals surface area (Å²) in [5.41, 5.74) is 6.13. The van der Waals surface area contributed by atoms with Gasteiger partial charge in [0.25, 0.3) is 0 Å². The number of anilines is 1. The average molecular weight is 291 g/mol. The summed E-state index contributed by atoms with van der Waals surface area (Å²) in [4.78, 5) is 3.96. The molecule has 0 bridgehead atoms. The predicted octanol–water partition coefficient (Wildman–Crippen LogP) is 1.38. The molecule has 6 nitrogen and oxygen atoms in total. The number of hydrogen-bond donors (Lipinski definition) is 1. The second kappa shape index (κ2) is 9.80. The van der Waals surface area contributed by atoms with Crippen molar-refractivity contribution >= 4 is 17.3 Å². The van der Waals surface area contributed by atoms with E-state index in [9.17, 15) is 0 Å². The van der Waals surface area contributed by atoms with Crippen LogP contribution in [-0.2, 0) is 14.2 Å². The number of halogens is 1. The van der Waals surface area contributed by atoms with Crippen molar-refractivity contribution in [2.75, 3.05) is 52.5 Å². The maximum atomic E-state index is 5.74. The highest BCUT2D eigenvalue weighted by atomic mass is 35.5. The lowest BCUT2D eigenvalue weighted by Gasteiger charge is -2.08. The van der Waals surface area contributed by atoms with Crippen LogP contribution in [0.25, 0.3) is 0 Å². The number of nitrogens with zero attached hydrogens (tertiary/aromatic N) is 1. The van der Waals surface area contributed by atoms with Crippen LogP contribution in [0.4, 0.5) is 5.69 Å². The number of ether oxygens (including phenoxy) is 4. The number of hydrogen-bond acceptors (Lipinski definition) is 6. The van der Waals surface area contributed by atoms with Gasteiger partial charge in [0.15, 0.2) is 0 Å². The van der Waals surface area contributed by atoms with Gasteiger partial charge in [-0.3, -0.25) is 0 Å². The zero-order valence-corrected chi connectivity index (χ0v) is 11.7. The fourth-order valence-electron chi connectivity index (χ4n) is 1.21. The van der Waals surface area contributed by atoms with Gasteiger partial charge in [-0.05, 0) is 12.1 Å². The van der Waals surface area contributed by atoms with Gasteiger partial charge in [0, 0.05) is 7.11 Å². The van der Waals surface area contributed by atoms with Crippen LogP contribution < -0.4 is 10.5 Å². The van der Waals surface area contributed by atoms with Crippen molar-refractivity contribution in [3.8, 4) is 5.88 Å². The lowest BCUT2D eigenvalue weighted by molar-refractivity contribution is 0.0177. The Morgan fingerprint density at radius 2 is 1.68 bits per heavy atom. The lowest BCUT2D eigenvalue weighted by Crippen LogP contribution is -2.13. The van der Waals surface area contributed by atoms with E-state index in [4.69, 9.17) is 36.3 Å². The van der Waals surface area contributed by atoms with Gasteiger partial charge in [0.05, 0.1) is 38.7 Å². The molecule has 0 fully saturated rings. The summed E-state index contributed by atoms with van der Waals surface area (Å²) in [6, 6.07) is 3.26. The zero-order chi connectivity index (χ0) is 13.9. The van der Waals surface area contributed by atoms with Crippen molar-refractivity contribution in [1.82, 2.24) is 4.98 Å². The first-order valence-electron chi connectivity index (χ1n) is 5.93. The molecule has 7 heteroatoms. The van der Waals surface area contributed by atoms with E-state index in [1.807, 2.05) is 0 Å². The fraction of sp³-hybridized carbons (Fsp3) is 0.583. The second-order valence-electron chi connectivity index (χ2n) is 3.59. The topological polar surface area (TPSA) is 75.8 Å². The molecule has 0 spiro atoms. The van der Waals surface area contributed by atoms with E-state index in [2.05, 4.69) is 4.98 Å². The van der Waals surface area contributed by atoms with Crippen molar-refractivity contribution in [3.63, 3.8) is 0 Å². The van der Waals surface area contributed by atoms with Crippen LogP contribution in [0.1, 0.15) is 0 Å². The first-order chi connectivity index (χ1) is 9.24. The SMILES string of the molecule is COCCOCCOCCOc1nc(Cl)ccc1N.